The van der Waals surface area contributed by atoms with Gasteiger partial charge in [0.25, 0.3) is 11.8 Å². The molecule has 3 aliphatic rings. The number of hydrogen-bond donors (Lipinski definition) is 1. The highest BCUT2D eigenvalue weighted by atomic mass is 32.1. The van der Waals surface area contributed by atoms with Crippen LogP contribution in [-0.4, -0.2) is 76.9 Å². The van der Waals surface area contributed by atoms with Gasteiger partial charge < -0.3 is 19.9 Å². The van der Waals surface area contributed by atoms with Crippen molar-refractivity contribution >= 4 is 52.8 Å². The van der Waals surface area contributed by atoms with Gasteiger partial charge in [-0.1, -0.05) is 0 Å². The molecule has 0 atom stereocenters. The van der Waals surface area contributed by atoms with E-state index in [1.54, 1.807) is 34.1 Å². The number of alkyl halides is 3. The minimum Gasteiger partial charge on any atom is -0.444 e. The number of piperidine rings is 1. The number of hydrogen-bond acceptors (Lipinski definition) is 7. The zero-order valence-corrected chi connectivity index (χ0v) is 27.0. The SMILES string of the molecule is CN=Cc1ncc(N2C(=O)C3(CCC3)N(c3ccc(C(=O)NCC4CCN(C(=O)OC(C)(C)C)CC4)cc3)C2=S)cc1C(F)(F)F. The Hall–Kier alpha value is -4.07. The van der Waals surface area contributed by atoms with Crippen molar-refractivity contribution in [2.24, 2.45) is 10.9 Å². The molecule has 5 rings (SSSR count). The molecule has 3 heterocycles. The van der Waals surface area contributed by atoms with Gasteiger partial charge in [-0.15, -0.1) is 0 Å². The number of carbonyl (C=O) groups excluding carboxylic acids is 3. The van der Waals surface area contributed by atoms with Crippen LogP contribution in [0.3, 0.4) is 0 Å². The second kappa shape index (κ2) is 12.6. The van der Waals surface area contributed by atoms with Crippen LogP contribution in [0.25, 0.3) is 0 Å². The van der Waals surface area contributed by atoms with Gasteiger partial charge in [0.15, 0.2) is 5.11 Å². The normalized spacial score (nSPS) is 18.8. The largest absolute Gasteiger partial charge is 0.444 e. The molecule has 0 bridgehead atoms. The Balaban J connectivity index is 1.26. The minimum absolute atomic E-state index is 0.0476. The van der Waals surface area contributed by atoms with Crippen LogP contribution in [0.4, 0.5) is 29.3 Å². The number of pyridine rings is 1. The molecule has 3 fully saturated rings. The first-order valence-corrected chi connectivity index (χ1v) is 15.6. The second-order valence-electron chi connectivity index (χ2n) is 12.8. The van der Waals surface area contributed by atoms with Gasteiger partial charge in [-0.05, 0) is 101 Å². The molecule has 10 nitrogen and oxygen atoms in total. The maximum Gasteiger partial charge on any atom is 0.418 e. The summed E-state index contributed by atoms with van der Waals surface area (Å²) in [6.45, 7) is 7.06. The molecular formula is C32H37F3N6O4S. The van der Waals surface area contributed by atoms with Crippen LogP contribution >= 0.6 is 12.2 Å². The summed E-state index contributed by atoms with van der Waals surface area (Å²) in [7, 11) is 1.35. The van der Waals surface area contributed by atoms with Crippen LogP contribution in [0.5, 0.6) is 0 Å². The zero-order valence-electron chi connectivity index (χ0n) is 26.2. The molecule has 1 aliphatic carbocycles. The van der Waals surface area contributed by atoms with Gasteiger partial charge in [-0.2, -0.15) is 13.2 Å². The molecule has 1 aromatic heterocycles. The molecule has 2 aliphatic heterocycles. The number of amides is 3. The Bertz CT molecular complexity index is 1540. The van der Waals surface area contributed by atoms with Crippen molar-refractivity contribution in [3.05, 3.63) is 53.3 Å². The summed E-state index contributed by atoms with van der Waals surface area (Å²) < 4.78 is 47.0. The lowest BCUT2D eigenvalue weighted by atomic mass is 9.75. The number of likely N-dealkylation sites (tertiary alicyclic amines) is 1. The number of carbonyl (C=O) groups is 3. The Morgan fingerprint density at radius 2 is 1.78 bits per heavy atom. The van der Waals surface area contributed by atoms with E-state index < -0.39 is 28.8 Å². The zero-order chi connectivity index (χ0) is 33.4. The molecule has 3 amide bonds. The van der Waals surface area contributed by atoms with E-state index in [1.165, 1.54) is 13.2 Å². The van der Waals surface area contributed by atoms with E-state index in [2.05, 4.69) is 15.3 Å². The molecule has 46 heavy (non-hydrogen) atoms. The van der Waals surface area contributed by atoms with E-state index in [0.29, 0.717) is 43.7 Å². The highest BCUT2D eigenvalue weighted by Crippen LogP contribution is 2.48. The first-order valence-electron chi connectivity index (χ1n) is 15.2. The van der Waals surface area contributed by atoms with Gasteiger partial charge in [-0.25, -0.2) is 4.79 Å². The third-order valence-electron chi connectivity index (χ3n) is 8.52. The Morgan fingerprint density at radius 1 is 1.13 bits per heavy atom. The number of aromatic nitrogens is 1. The van der Waals surface area contributed by atoms with E-state index in [0.717, 1.165) is 36.4 Å². The molecule has 1 N–H and O–H groups in total. The Morgan fingerprint density at radius 3 is 2.33 bits per heavy atom. The second-order valence-corrected chi connectivity index (χ2v) is 13.2. The number of ether oxygens (including phenoxy) is 1. The van der Waals surface area contributed by atoms with Crippen LogP contribution in [-0.2, 0) is 15.7 Å². The summed E-state index contributed by atoms with van der Waals surface area (Å²) >= 11 is 5.71. The van der Waals surface area contributed by atoms with E-state index in [-0.39, 0.29) is 34.4 Å². The van der Waals surface area contributed by atoms with Crippen molar-refractivity contribution in [1.82, 2.24) is 15.2 Å². The summed E-state index contributed by atoms with van der Waals surface area (Å²) in [5, 5.41) is 3.02. The molecule has 246 valence electrons. The highest BCUT2D eigenvalue weighted by molar-refractivity contribution is 7.81. The van der Waals surface area contributed by atoms with Crippen molar-refractivity contribution in [3.8, 4) is 0 Å². The number of nitrogens with one attached hydrogen (secondary N) is 1. The number of nitrogens with zero attached hydrogens (tertiary/aromatic N) is 5. The molecule has 1 saturated carbocycles. The quantitative estimate of drug-likeness (QED) is 0.319. The molecule has 14 heteroatoms. The van der Waals surface area contributed by atoms with E-state index in [1.807, 2.05) is 20.8 Å². The van der Waals surface area contributed by atoms with Crippen LogP contribution < -0.4 is 15.1 Å². The Labute approximate surface area is 271 Å². The van der Waals surface area contributed by atoms with Gasteiger partial charge in [0, 0.05) is 44.1 Å². The van der Waals surface area contributed by atoms with Gasteiger partial charge in [-0.3, -0.25) is 24.5 Å². The van der Waals surface area contributed by atoms with Crippen molar-refractivity contribution in [3.63, 3.8) is 0 Å². The van der Waals surface area contributed by atoms with Crippen LogP contribution in [0.1, 0.15) is 74.5 Å². The first-order chi connectivity index (χ1) is 21.6. The van der Waals surface area contributed by atoms with Gasteiger partial charge in [0.05, 0.1) is 23.1 Å². The average molecular weight is 659 g/mol. The monoisotopic (exact) mass is 658 g/mol. The van der Waals surface area contributed by atoms with Crippen LogP contribution in [0.2, 0.25) is 0 Å². The summed E-state index contributed by atoms with van der Waals surface area (Å²) in [4.78, 5) is 51.2. The van der Waals surface area contributed by atoms with E-state index >= 15 is 0 Å². The van der Waals surface area contributed by atoms with Gasteiger partial charge >= 0.3 is 12.3 Å². The number of anilines is 2. The predicted octanol–water partition coefficient (Wildman–Crippen LogP) is 5.59. The lowest BCUT2D eigenvalue weighted by Crippen LogP contribution is -2.55. The highest BCUT2D eigenvalue weighted by Gasteiger charge is 2.59. The number of aliphatic imine (C=N–C) groups is 1. The lowest BCUT2D eigenvalue weighted by Gasteiger charge is -2.43. The minimum atomic E-state index is -4.72. The number of halogens is 3. The fourth-order valence-corrected chi connectivity index (χ4v) is 6.46. The third-order valence-corrected chi connectivity index (χ3v) is 8.88. The van der Waals surface area contributed by atoms with Gasteiger partial charge in [0.1, 0.15) is 11.1 Å². The standard InChI is InChI=1S/C32H37F3N6O4S/c1-30(2,3)45-29(44)39-14-10-20(11-15-39)17-38-26(42)21-6-8-22(9-7-21)41-28(46)40(27(43)31(41)12-5-13-31)23-16-24(32(33,34)35)25(19-36-4)37-18-23/h6-9,16,18-20H,5,10-15,17H2,1-4H3,(H,38,42). The topological polar surface area (TPSA) is 107 Å². The maximum absolute atomic E-state index is 13.9. The third kappa shape index (κ3) is 6.58. The van der Waals surface area contributed by atoms with E-state index in [9.17, 15) is 27.6 Å². The summed E-state index contributed by atoms with van der Waals surface area (Å²) in [6, 6.07) is 7.54. The fourth-order valence-electron chi connectivity index (χ4n) is 5.99. The van der Waals surface area contributed by atoms with Crippen molar-refractivity contribution in [2.45, 2.75) is 70.2 Å². The molecule has 2 saturated heterocycles. The van der Waals surface area contributed by atoms with Crippen molar-refractivity contribution in [2.75, 3.05) is 36.5 Å². The van der Waals surface area contributed by atoms with Crippen LogP contribution in [0, 0.1) is 5.92 Å². The summed E-state index contributed by atoms with van der Waals surface area (Å²) in [5.41, 5.74) is -2.04. The fraction of sp³-hybridized carbons (Fsp3) is 0.500. The first kappa shape index (κ1) is 33.3. The average Bonchev–Trinajstić information content (AvgIpc) is 3.21. The maximum atomic E-state index is 13.9. The molecule has 0 unspecified atom stereocenters. The van der Waals surface area contributed by atoms with Crippen molar-refractivity contribution in [1.29, 1.82) is 0 Å². The Kier molecular flexibility index (Phi) is 9.13. The lowest BCUT2D eigenvalue weighted by molar-refractivity contribution is -0.138. The van der Waals surface area contributed by atoms with Crippen molar-refractivity contribution < 1.29 is 32.3 Å². The molecular weight excluding hydrogens is 621 g/mol. The summed E-state index contributed by atoms with van der Waals surface area (Å²) in [6.07, 6.45) is 0.376. The molecule has 0 radical (unpaired) electrons. The van der Waals surface area contributed by atoms with Crippen LogP contribution in [0.15, 0.2) is 41.5 Å². The number of benzene rings is 1. The molecule has 1 aromatic carbocycles. The molecule has 1 spiro atoms. The number of rotatable bonds is 6. The predicted molar refractivity (Wildman–Crippen MR) is 171 cm³/mol. The smallest absolute Gasteiger partial charge is 0.418 e. The van der Waals surface area contributed by atoms with E-state index in [4.69, 9.17) is 17.0 Å². The number of thiocarbonyl (C=S) groups is 1. The molecule has 2 aromatic rings. The van der Waals surface area contributed by atoms with Gasteiger partial charge in [0.2, 0.25) is 0 Å². The summed E-state index contributed by atoms with van der Waals surface area (Å²) in [5.74, 6) is -0.451.